The van der Waals surface area contributed by atoms with Gasteiger partial charge in [-0.1, -0.05) is 22.8 Å². The number of carbonyl (C=O) groups is 1. The molecule has 27 heavy (non-hydrogen) atoms. The van der Waals surface area contributed by atoms with Gasteiger partial charge in [-0.15, -0.1) is 0 Å². The monoisotopic (exact) mass is 387 g/mol. The first-order valence-corrected chi connectivity index (χ1v) is 8.28. The van der Waals surface area contributed by atoms with Crippen LogP contribution in [-0.2, 0) is 9.63 Å². The number of hydrogen-bond acceptors (Lipinski definition) is 6. The number of oxime groups is 1. The molecule has 1 amide bonds. The van der Waals surface area contributed by atoms with Crippen molar-refractivity contribution in [2.24, 2.45) is 5.16 Å². The van der Waals surface area contributed by atoms with E-state index in [4.69, 9.17) is 31.2 Å². The summed E-state index contributed by atoms with van der Waals surface area (Å²) in [6.45, 7) is 1.56. The fourth-order valence-electron chi connectivity index (χ4n) is 2.15. The fourth-order valence-corrected chi connectivity index (χ4v) is 2.45. The van der Waals surface area contributed by atoms with Crippen molar-refractivity contribution in [3.8, 4) is 17.6 Å². The molecule has 7 nitrogen and oxygen atoms in total. The van der Waals surface area contributed by atoms with Crippen LogP contribution in [0.2, 0.25) is 5.02 Å². The number of halogens is 1. The maximum atomic E-state index is 12.1. The number of carbonyl (C=O) groups excluding carboxylic acids is 1. The van der Waals surface area contributed by atoms with Gasteiger partial charge in [-0.2, -0.15) is 5.26 Å². The van der Waals surface area contributed by atoms with E-state index in [0.717, 1.165) is 0 Å². The number of benzene rings is 2. The molecule has 0 fully saturated rings. The van der Waals surface area contributed by atoms with Gasteiger partial charge in [0.25, 0.3) is 5.91 Å². The normalized spacial score (nSPS) is 11.5. The second kappa shape index (κ2) is 9.46. The van der Waals surface area contributed by atoms with Crippen LogP contribution in [0.3, 0.4) is 0 Å². The zero-order valence-corrected chi connectivity index (χ0v) is 15.8. The summed E-state index contributed by atoms with van der Waals surface area (Å²) < 4.78 is 10.4. The third-order valence-corrected chi connectivity index (χ3v) is 3.79. The minimum Gasteiger partial charge on any atom is -0.493 e. The predicted molar refractivity (Wildman–Crippen MR) is 102 cm³/mol. The maximum absolute atomic E-state index is 12.1. The molecule has 2 aromatic carbocycles. The molecule has 8 heteroatoms. The van der Waals surface area contributed by atoms with Crippen LogP contribution in [0.5, 0.6) is 11.5 Å². The van der Waals surface area contributed by atoms with Crippen molar-refractivity contribution >= 4 is 29.4 Å². The minimum absolute atomic E-state index is 0.362. The molecular weight excluding hydrogens is 370 g/mol. The van der Waals surface area contributed by atoms with Crippen LogP contribution in [-0.4, -0.2) is 32.4 Å². The molecule has 0 bridgehead atoms. The number of amides is 1. The van der Waals surface area contributed by atoms with E-state index >= 15 is 0 Å². The molecule has 0 aliphatic rings. The second-order valence-corrected chi connectivity index (χ2v) is 5.81. The minimum atomic E-state index is -0.845. The van der Waals surface area contributed by atoms with E-state index < -0.39 is 12.0 Å². The number of anilines is 1. The van der Waals surface area contributed by atoms with Crippen LogP contribution < -0.4 is 14.8 Å². The molecule has 1 unspecified atom stereocenters. The summed E-state index contributed by atoms with van der Waals surface area (Å²) in [5.41, 5.74) is 1.57. The average molecular weight is 388 g/mol. The van der Waals surface area contributed by atoms with E-state index in [0.29, 0.717) is 33.3 Å². The lowest BCUT2D eigenvalue weighted by atomic mass is 10.2. The summed E-state index contributed by atoms with van der Waals surface area (Å²) in [5, 5.41) is 15.7. The standard InChI is InChI=1S/C19H18ClN3O4/c1-12(19(24)23-15-6-4-5-13(7-15)10-21)27-22-11-14-8-16(20)18(26-3)17(9-14)25-2/h4-9,11-12H,1-3H3,(H,23,24)/b22-11+. The zero-order chi connectivity index (χ0) is 19.8. The maximum Gasteiger partial charge on any atom is 0.267 e. The molecule has 0 radical (unpaired) electrons. The van der Waals surface area contributed by atoms with Gasteiger partial charge in [0.1, 0.15) is 0 Å². The molecule has 0 aliphatic carbocycles. The van der Waals surface area contributed by atoms with Crippen molar-refractivity contribution in [3.63, 3.8) is 0 Å². The SMILES string of the molecule is COc1cc(/C=N/OC(C)C(=O)Nc2cccc(C#N)c2)cc(Cl)c1OC. The number of nitrogens with one attached hydrogen (secondary N) is 1. The predicted octanol–water partition coefficient (Wildman–Crippen LogP) is 3.61. The Kier molecular flexibility index (Phi) is 7.03. The Morgan fingerprint density at radius 1 is 1.30 bits per heavy atom. The second-order valence-electron chi connectivity index (χ2n) is 5.40. The fraction of sp³-hybridized carbons (Fsp3) is 0.211. The Bertz CT molecular complexity index is 893. The van der Waals surface area contributed by atoms with Gasteiger partial charge >= 0.3 is 0 Å². The van der Waals surface area contributed by atoms with Crippen molar-refractivity contribution in [3.05, 3.63) is 52.5 Å². The van der Waals surface area contributed by atoms with Crippen molar-refractivity contribution in [2.45, 2.75) is 13.0 Å². The Balaban J connectivity index is 2.00. The van der Waals surface area contributed by atoms with Crippen LogP contribution in [0.1, 0.15) is 18.1 Å². The summed E-state index contributed by atoms with van der Waals surface area (Å²) >= 11 is 6.13. The first kappa shape index (κ1) is 20.1. The number of rotatable bonds is 7. The van der Waals surface area contributed by atoms with E-state index in [2.05, 4.69) is 10.5 Å². The van der Waals surface area contributed by atoms with Gasteiger partial charge in [0, 0.05) is 11.3 Å². The number of nitriles is 1. The Morgan fingerprint density at radius 2 is 2.07 bits per heavy atom. The highest BCUT2D eigenvalue weighted by atomic mass is 35.5. The number of ether oxygens (including phenoxy) is 2. The third kappa shape index (κ3) is 5.36. The van der Waals surface area contributed by atoms with Crippen molar-refractivity contribution < 1.29 is 19.1 Å². The number of hydrogen-bond donors (Lipinski definition) is 1. The highest BCUT2D eigenvalue weighted by molar-refractivity contribution is 6.32. The van der Waals surface area contributed by atoms with Gasteiger partial charge in [0.15, 0.2) is 11.5 Å². The van der Waals surface area contributed by atoms with Crippen LogP contribution >= 0.6 is 11.6 Å². The highest BCUT2D eigenvalue weighted by Crippen LogP contribution is 2.35. The van der Waals surface area contributed by atoms with Gasteiger partial charge in [0.2, 0.25) is 6.10 Å². The number of nitrogens with zero attached hydrogens (tertiary/aromatic N) is 2. The Labute approximate surface area is 162 Å². The molecule has 0 heterocycles. The van der Waals surface area contributed by atoms with Gasteiger partial charge < -0.3 is 19.6 Å². The molecule has 0 aliphatic heterocycles. The van der Waals surface area contributed by atoms with Gasteiger partial charge in [0.05, 0.1) is 37.1 Å². The van der Waals surface area contributed by atoms with Gasteiger partial charge in [-0.05, 0) is 37.3 Å². The molecule has 0 saturated heterocycles. The van der Waals surface area contributed by atoms with Crippen molar-refractivity contribution in [2.75, 3.05) is 19.5 Å². The van der Waals surface area contributed by atoms with Crippen molar-refractivity contribution in [1.82, 2.24) is 0 Å². The van der Waals surface area contributed by atoms with E-state index in [1.165, 1.54) is 20.4 Å². The first-order chi connectivity index (χ1) is 13.0. The Hall–Kier alpha value is -3.24. The Morgan fingerprint density at radius 3 is 2.74 bits per heavy atom. The molecule has 0 aromatic heterocycles. The van der Waals surface area contributed by atoms with E-state index in [9.17, 15) is 4.79 Å². The summed E-state index contributed by atoms with van der Waals surface area (Å²) in [6.07, 6.45) is 0.566. The zero-order valence-electron chi connectivity index (χ0n) is 15.0. The lowest BCUT2D eigenvalue weighted by Gasteiger charge is -2.11. The quantitative estimate of drug-likeness (QED) is 0.578. The summed E-state index contributed by atoms with van der Waals surface area (Å²) in [6, 6.07) is 11.9. The molecule has 2 aromatic rings. The molecule has 0 spiro atoms. The van der Waals surface area contributed by atoms with Crippen LogP contribution in [0.25, 0.3) is 0 Å². The average Bonchev–Trinajstić information content (AvgIpc) is 2.67. The first-order valence-electron chi connectivity index (χ1n) is 7.90. The van der Waals surface area contributed by atoms with E-state index in [1.54, 1.807) is 43.3 Å². The lowest BCUT2D eigenvalue weighted by Crippen LogP contribution is -2.26. The van der Waals surface area contributed by atoms with E-state index in [-0.39, 0.29) is 0 Å². The molecular formula is C19H18ClN3O4. The smallest absolute Gasteiger partial charge is 0.267 e. The summed E-state index contributed by atoms with van der Waals surface area (Å²) in [5.74, 6) is 0.479. The molecule has 1 N–H and O–H groups in total. The van der Waals surface area contributed by atoms with Gasteiger partial charge in [-0.3, -0.25) is 4.79 Å². The summed E-state index contributed by atoms with van der Waals surface area (Å²) in [7, 11) is 2.99. The van der Waals surface area contributed by atoms with Crippen molar-refractivity contribution in [1.29, 1.82) is 5.26 Å². The van der Waals surface area contributed by atoms with E-state index in [1.807, 2.05) is 6.07 Å². The number of methoxy groups -OCH3 is 2. The van der Waals surface area contributed by atoms with Crippen LogP contribution in [0.15, 0.2) is 41.6 Å². The molecule has 140 valence electrons. The van der Waals surface area contributed by atoms with Gasteiger partial charge in [-0.25, -0.2) is 0 Å². The molecule has 2 rings (SSSR count). The highest BCUT2D eigenvalue weighted by Gasteiger charge is 2.15. The van der Waals surface area contributed by atoms with Crippen LogP contribution in [0, 0.1) is 11.3 Å². The largest absolute Gasteiger partial charge is 0.493 e. The summed E-state index contributed by atoms with van der Waals surface area (Å²) in [4.78, 5) is 17.3. The van der Waals surface area contributed by atoms with Crippen LogP contribution in [0.4, 0.5) is 5.69 Å². The third-order valence-electron chi connectivity index (χ3n) is 3.51. The topological polar surface area (TPSA) is 92.9 Å². The lowest BCUT2D eigenvalue weighted by molar-refractivity contribution is -0.126. The molecule has 0 saturated carbocycles. The molecule has 1 atom stereocenters.